The third-order valence-corrected chi connectivity index (χ3v) is 4.33. The van der Waals surface area contributed by atoms with Crippen LogP contribution < -0.4 is 5.32 Å². The van der Waals surface area contributed by atoms with E-state index in [4.69, 9.17) is 0 Å². The molecule has 1 heterocycles. The van der Waals surface area contributed by atoms with Crippen LogP contribution >= 0.6 is 11.3 Å². The molecule has 2 rings (SSSR count). The molecule has 1 aromatic carbocycles. The number of nitrogens with zero attached hydrogens (tertiary/aromatic N) is 1. The molecule has 0 spiro atoms. The molecule has 3 nitrogen and oxygen atoms in total. The molecular weight excluding hydrogens is 280 g/mol. The molecule has 2 aromatic rings. The standard InChI is InChI=1S/C17H22N2OS/c1-12-11-21-15(19-12)9-10-18-16(20)13-5-7-14(8-6-13)17(2,3)4/h5-8,11H,9-10H2,1-4H3,(H,18,20). The minimum atomic E-state index is -0.0243. The Bertz CT molecular complexity index is 608. The van der Waals surface area contributed by atoms with Gasteiger partial charge in [-0.2, -0.15) is 0 Å². The topological polar surface area (TPSA) is 42.0 Å². The van der Waals surface area contributed by atoms with E-state index in [0.29, 0.717) is 12.1 Å². The van der Waals surface area contributed by atoms with Crippen LogP contribution in [0.2, 0.25) is 0 Å². The van der Waals surface area contributed by atoms with Crippen molar-refractivity contribution >= 4 is 17.2 Å². The average molecular weight is 302 g/mol. The van der Waals surface area contributed by atoms with Crippen LogP contribution in [0.1, 0.15) is 47.4 Å². The summed E-state index contributed by atoms with van der Waals surface area (Å²) in [6.45, 7) is 9.09. The lowest BCUT2D eigenvalue weighted by Crippen LogP contribution is -2.25. The molecular formula is C17H22N2OS. The maximum absolute atomic E-state index is 12.1. The summed E-state index contributed by atoms with van der Waals surface area (Å²) >= 11 is 1.64. The number of benzene rings is 1. The van der Waals surface area contributed by atoms with Crippen LogP contribution in [-0.4, -0.2) is 17.4 Å². The number of amides is 1. The predicted molar refractivity (Wildman–Crippen MR) is 88.0 cm³/mol. The highest BCUT2D eigenvalue weighted by atomic mass is 32.1. The Kier molecular flexibility index (Phi) is 4.78. The zero-order valence-electron chi connectivity index (χ0n) is 13.1. The van der Waals surface area contributed by atoms with Crippen molar-refractivity contribution in [2.75, 3.05) is 6.54 Å². The van der Waals surface area contributed by atoms with E-state index in [-0.39, 0.29) is 11.3 Å². The van der Waals surface area contributed by atoms with Gasteiger partial charge in [-0.25, -0.2) is 4.98 Å². The van der Waals surface area contributed by atoms with Gasteiger partial charge in [0.15, 0.2) is 0 Å². The quantitative estimate of drug-likeness (QED) is 0.935. The van der Waals surface area contributed by atoms with Crippen molar-refractivity contribution < 1.29 is 4.79 Å². The molecule has 0 aliphatic heterocycles. The van der Waals surface area contributed by atoms with E-state index >= 15 is 0 Å². The minimum Gasteiger partial charge on any atom is -0.352 e. The van der Waals surface area contributed by atoms with Gasteiger partial charge in [-0.1, -0.05) is 32.9 Å². The van der Waals surface area contributed by atoms with E-state index in [9.17, 15) is 4.79 Å². The second kappa shape index (κ2) is 6.39. The molecule has 0 unspecified atom stereocenters. The van der Waals surface area contributed by atoms with Gasteiger partial charge in [0.2, 0.25) is 0 Å². The van der Waals surface area contributed by atoms with E-state index in [1.54, 1.807) is 11.3 Å². The van der Waals surface area contributed by atoms with Crippen LogP contribution in [-0.2, 0) is 11.8 Å². The molecule has 21 heavy (non-hydrogen) atoms. The summed E-state index contributed by atoms with van der Waals surface area (Å²) in [4.78, 5) is 16.5. The number of rotatable bonds is 4. The third kappa shape index (κ3) is 4.39. The summed E-state index contributed by atoms with van der Waals surface area (Å²) < 4.78 is 0. The number of hydrogen-bond donors (Lipinski definition) is 1. The number of nitrogens with one attached hydrogen (secondary N) is 1. The van der Waals surface area contributed by atoms with E-state index < -0.39 is 0 Å². The molecule has 1 amide bonds. The molecule has 0 aliphatic carbocycles. The second-order valence-corrected chi connectivity index (χ2v) is 7.16. The molecule has 4 heteroatoms. The molecule has 0 saturated heterocycles. The maximum atomic E-state index is 12.1. The third-order valence-electron chi connectivity index (χ3n) is 3.30. The summed E-state index contributed by atoms with van der Waals surface area (Å²) in [5, 5.41) is 6.04. The zero-order valence-corrected chi connectivity index (χ0v) is 13.9. The van der Waals surface area contributed by atoms with Gasteiger partial charge in [-0.05, 0) is 30.0 Å². The smallest absolute Gasteiger partial charge is 0.251 e. The number of thiazole rings is 1. The summed E-state index contributed by atoms with van der Waals surface area (Å²) in [6, 6.07) is 7.84. The van der Waals surface area contributed by atoms with Crippen molar-refractivity contribution in [2.24, 2.45) is 0 Å². The summed E-state index contributed by atoms with van der Waals surface area (Å²) in [5.41, 5.74) is 3.09. The van der Waals surface area contributed by atoms with E-state index in [1.807, 2.05) is 36.6 Å². The van der Waals surface area contributed by atoms with Gasteiger partial charge >= 0.3 is 0 Å². The van der Waals surface area contributed by atoms with Gasteiger partial charge in [0.1, 0.15) is 0 Å². The largest absolute Gasteiger partial charge is 0.352 e. The van der Waals surface area contributed by atoms with E-state index in [1.165, 1.54) is 5.56 Å². The fourth-order valence-corrected chi connectivity index (χ4v) is 2.80. The monoisotopic (exact) mass is 302 g/mol. The van der Waals surface area contributed by atoms with Gasteiger partial charge in [0.25, 0.3) is 5.91 Å². The van der Waals surface area contributed by atoms with Crippen LogP contribution in [0, 0.1) is 6.92 Å². The number of aromatic nitrogens is 1. The van der Waals surface area contributed by atoms with Crippen LogP contribution in [0.3, 0.4) is 0 Å². The average Bonchev–Trinajstić information content (AvgIpc) is 2.83. The van der Waals surface area contributed by atoms with Crippen molar-refractivity contribution in [3.8, 4) is 0 Å². The molecule has 0 bridgehead atoms. The first-order chi connectivity index (χ1) is 9.86. The maximum Gasteiger partial charge on any atom is 0.251 e. The fraction of sp³-hybridized carbons (Fsp3) is 0.412. The second-order valence-electron chi connectivity index (χ2n) is 6.22. The number of hydrogen-bond acceptors (Lipinski definition) is 3. The van der Waals surface area contributed by atoms with Gasteiger partial charge in [-0.3, -0.25) is 4.79 Å². The molecule has 1 aromatic heterocycles. The van der Waals surface area contributed by atoms with Crippen molar-refractivity contribution in [1.82, 2.24) is 10.3 Å². The van der Waals surface area contributed by atoms with Crippen LogP contribution in [0.4, 0.5) is 0 Å². The first-order valence-corrected chi connectivity index (χ1v) is 8.04. The molecule has 0 fully saturated rings. The van der Waals surface area contributed by atoms with Crippen molar-refractivity contribution in [3.63, 3.8) is 0 Å². The molecule has 0 radical (unpaired) electrons. The molecule has 112 valence electrons. The Balaban J connectivity index is 1.88. The molecule has 0 saturated carbocycles. The highest BCUT2D eigenvalue weighted by Crippen LogP contribution is 2.22. The summed E-state index contributed by atoms with van der Waals surface area (Å²) in [6.07, 6.45) is 0.782. The highest BCUT2D eigenvalue weighted by molar-refractivity contribution is 7.09. The van der Waals surface area contributed by atoms with Crippen LogP contribution in [0.15, 0.2) is 29.6 Å². The lowest BCUT2D eigenvalue weighted by Gasteiger charge is -2.19. The first-order valence-electron chi connectivity index (χ1n) is 7.16. The van der Waals surface area contributed by atoms with Gasteiger partial charge in [0.05, 0.1) is 5.01 Å². The first kappa shape index (κ1) is 15.7. The number of carbonyl (C=O) groups is 1. The van der Waals surface area contributed by atoms with Gasteiger partial charge in [0, 0.05) is 29.6 Å². The lowest BCUT2D eigenvalue weighted by atomic mass is 9.87. The SMILES string of the molecule is Cc1csc(CCNC(=O)c2ccc(C(C)(C)C)cc2)n1. The van der Waals surface area contributed by atoms with Crippen molar-refractivity contribution in [3.05, 3.63) is 51.5 Å². The van der Waals surface area contributed by atoms with Gasteiger partial charge < -0.3 is 5.32 Å². The van der Waals surface area contributed by atoms with Crippen molar-refractivity contribution in [2.45, 2.75) is 39.5 Å². The number of aryl methyl sites for hydroxylation is 1. The Morgan fingerprint density at radius 1 is 1.24 bits per heavy atom. The predicted octanol–water partition coefficient (Wildman–Crippen LogP) is 3.72. The Morgan fingerprint density at radius 2 is 1.90 bits per heavy atom. The summed E-state index contributed by atoms with van der Waals surface area (Å²) in [5.74, 6) is -0.0243. The Hall–Kier alpha value is -1.68. The zero-order chi connectivity index (χ0) is 15.5. The summed E-state index contributed by atoms with van der Waals surface area (Å²) in [7, 11) is 0. The number of carbonyl (C=O) groups excluding carboxylic acids is 1. The normalized spacial score (nSPS) is 11.4. The van der Waals surface area contributed by atoms with E-state index in [0.717, 1.165) is 17.1 Å². The molecule has 0 atom stereocenters. The molecule has 1 N–H and O–H groups in total. The Labute approximate surface area is 130 Å². The lowest BCUT2D eigenvalue weighted by molar-refractivity contribution is 0.0954. The fourth-order valence-electron chi connectivity index (χ4n) is 2.02. The minimum absolute atomic E-state index is 0.0243. The molecule has 0 aliphatic rings. The van der Waals surface area contributed by atoms with Gasteiger partial charge in [-0.15, -0.1) is 11.3 Å². The van der Waals surface area contributed by atoms with E-state index in [2.05, 4.69) is 31.1 Å². The highest BCUT2D eigenvalue weighted by Gasteiger charge is 2.14. The van der Waals surface area contributed by atoms with Crippen LogP contribution in [0.5, 0.6) is 0 Å². The van der Waals surface area contributed by atoms with Crippen molar-refractivity contribution in [1.29, 1.82) is 0 Å². The van der Waals surface area contributed by atoms with Crippen LogP contribution in [0.25, 0.3) is 0 Å². The Morgan fingerprint density at radius 3 is 2.43 bits per heavy atom.